The van der Waals surface area contributed by atoms with Gasteiger partial charge in [0.25, 0.3) is 5.91 Å². The number of benzene rings is 1. The van der Waals surface area contributed by atoms with E-state index in [1.165, 1.54) is 0 Å². The minimum atomic E-state index is -1.18. The quantitative estimate of drug-likeness (QED) is 0.401. The van der Waals surface area contributed by atoms with Gasteiger partial charge in [0, 0.05) is 5.41 Å². The highest BCUT2D eigenvalue weighted by Gasteiger charge is 2.67. The summed E-state index contributed by atoms with van der Waals surface area (Å²) in [6, 6.07) is 7.74. The van der Waals surface area contributed by atoms with E-state index in [9.17, 15) is 19.2 Å². The molecule has 1 N–H and O–H groups in total. The molecule has 10 heteroatoms. The number of nitrogens with one attached hydrogen (secondary N) is 1. The van der Waals surface area contributed by atoms with E-state index in [1.807, 2.05) is 30.3 Å². The van der Waals surface area contributed by atoms with Crippen LogP contribution in [0, 0.1) is 11.3 Å². The molecule has 0 radical (unpaired) electrons. The number of hydrazine groups is 1. The Kier molecular flexibility index (Phi) is 7.15. The zero-order valence-electron chi connectivity index (χ0n) is 24.2. The van der Waals surface area contributed by atoms with E-state index in [0.717, 1.165) is 15.5 Å². The van der Waals surface area contributed by atoms with Crippen LogP contribution in [0.15, 0.2) is 30.3 Å². The second-order valence-corrected chi connectivity index (χ2v) is 13.6. The molecule has 4 amide bonds. The lowest BCUT2D eigenvalue weighted by molar-refractivity contribution is -0.183. The lowest BCUT2D eigenvalue weighted by Crippen LogP contribution is -2.72. The largest absolute Gasteiger partial charge is 0.443 e. The molecule has 0 unspecified atom stereocenters. The minimum absolute atomic E-state index is 0.375. The number of amides is 4. The van der Waals surface area contributed by atoms with Crippen molar-refractivity contribution in [3.05, 3.63) is 35.9 Å². The topological polar surface area (TPSA) is 114 Å². The molecule has 1 saturated heterocycles. The molecule has 3 aliphatic carbocycles. The number of hydrogen-bond acceptors (Lipinski definition) is 7. The summed E-state index contributed by atoms with van der Waals surface area (Å²) in [6.07, 6.45) is -0.0916. The van der Waals surface area contributed by atoms with E-state index in [1.54, 1.807) is 55.4 Å². The SMILES string of the molecule is CC(C)(C)OC(=O)NN(C(=O)OC(C)(C)C)[C@H](C(=O)N1C(=O)OC(C)(C)[C@@H]1Cc1ccccc1)C12CC(C1)C2. The summed E-state index contributed by atoms with van der Waals surface area (Å²) in [6.45, 7) is 13.7. The molecule has 1 heterocycles. The number of carbonyl (C=O) groups excluding carboxylic acids is 4. The van der Waals surface area contributed by atoms with Gasteiger partial charge in [-0.2, -0.15) is 0 Å². The molecule has 10 nitrogen and oxygen atoms in total. The molecule has 1 aliphatic heterocycles. The van der Waals surface area contributed by atoms with Crippen LogP contribution in [0.3, 0.4) is 0 Å². The summed E-state index contributed by atoms with van der Waals surface area (Å²) < 4.78 is 16.7. The van der Waals surface area contributed by atoms with Crippen LogP contribution in [0.4, 0.5) is 14.4 Å². The third kappa shape index (κ3) is 5.99. The first-order valence-electron chi connectivity index (χ1n) is 13.5. The highest BCUT2D eigenvalue weighted by atomic mass is 16.6. The van der Waals surface area contributed by atoms with E-state index in [4.69, 9.17) is 14.2 Å². The lowest BCUT2D eigenvalue weighted by atomic mass is 9.41. The monoisotopic (exact) mass is 543 g/mol. The summed E-state index contributed by atoms with van der Waals surface area (Å²) in [5.41, 5.74) is 0.132. The van der Waals surface area contributed by atoms with Crippen molar-refractivity contribution >= 4 is 24.2 Å². The van der Waals surface area contributed by atoms with Crippen molar-refractivity contribution in [1.82, 2.24) is 15.3 Å². The summed E-state index contributed by atoms with van der Waals surface area (Å²) in [4.78, 5) is 55.3. The Balaban J connectivity index is 1.72. The smallest absolute Gasteiger partial charge is 0.430 e. The third-order valence-electron chi connectivity index (χ3n) is 7.53. The molecule has 214 valence electrons. The fraction of sp³-hybridized carbons (Fsp3) is 0.655. The van der Waals surface area contributed by atoms with E-state index in [-0.39, 0.29) is 0 Å². The van der Waals surface area contributed by atoms with Gasteiger partial charge < -0.3 is 14.2 Å². The Hall–Kier alpha value is -3.30. The Morgan fingerprint density at radius 2 is 1.59 bits per heavy atom. The number of ether oxygens (including phenoxy) is 3. The summed E-state index contributed by atoms with van der Waals surface area (Å²) in [5.74, 6) is -0.157. The molecule has 0 aromatic heterocycles. The van der Waals surface area contributed by atoms with Crippen molar-refractivity contribution in [2.45, 2.75) is 110 Å². The van der Waals surface area contributed by atoms with E-state index in [0.29, 0.717) is 31.6 Å². The molecule has 5 rings (SSSR count). The van der Waals surface area contributed by atoms with E-state index < -0.39 is 58.5 Å². The van der Waals surface area contributed by atoms with Gasteiger partial charge in [0.2, 0.25) is 0 Å². The summed E-state index contributed by atoms with van der Waals surface area (Å²) in [7, 11) is 0. The summed E-state index contributed by atoms with van der Waals surface area (Å²) in [5, 5.41) is 0.940. The average Bonchev–Trinajstić information content (AvgIpc) is 2.93. The molecule has 0 spiro atoms. The van der Waals surface area contributed by atoms with Crippen LogP contribution in [0.5, 0.6) is 0 Å². The van der Waals surface area contributed by atoms with Gasteiger partial charge in [-0.05, 0) is 92.6 Å². The van der Waals surface area contributed by atoms with Gasteiger partial charge in [0.1, 0.15) is 22.8 Å². The van der Waals surface area contributed by atoms with Gasteiger partial charge in [-0.15, -0.1) is 0 Å². The van der Waals surface area contributed by atoms with Crippen LogP contribution in [-0.4, -0.2) is 63.0 Å². The first-order valence-corrected chi connectivity index (χ1v) is 13.5. The predicted molar refractivity (Wildman–Crippen MR) is 142 cm³/mol. The number of nitrogens with zero attached hydrogens (tertiary/aromatic N) is 2. The van der Waals surface area contributed by atoms with E-state index >= 15 is 0 Å². The Labute approximate surface area is 230 Å². The second-order valence-electron chi connectivity index (χ2n) is 13.6. The third-order valence-corrected chi connectivity index (χ3v) is 7.53. The minimum Gasteiger partial charge on any atom is -0.443 e. The van der Waals surface area contributed by atoms with Crippen molar-refractivity contribution in [3.8, 4) is 0 Å². The molecule has 3 saturated carbocycles. The van der Waals surface area contributed by atoms with Crippen LogP contribution < -0.4 is 5.43 Å². The molecule has 2 atom stereocenters. The van der Waals surface area contributed by atoms with Crippen LogP contribution in [0.2, 0.25) is 0 Å². The maximum atomic E-state index is 14.5. The van der Waals surface area contributed by atoms with Gasteiger partial charge in [-0.3, -0.25) is 4.79 Å². The number of cyclic esters (lactones) is 1. The maximum Gasteiger partial charge on any atom is 0.430 e. The molecule has 39 heavy (non-hydrogen) atoms. The fourth-order valence-corrected chi connectivity index (χ4v) is 5.78. The first-order chi connectivity index (χ1) is 17.9. The molecule has 4 aliphatic rings. The van der Waals surface area contributed by atoms with Crippen molar-refractivity contribution in [2.75, 3.05) is 0 Å². The molecular weight excluding hydrogens is 502 g/mol. The van der Waals surface area contributed by atoms with Crippen LogP contribution >= 0.6 is 0 Å². The Morgan fingerprint density at radius 3 is 2.08 bits per heavy atom. The van der Waals surface area contributed by atoms with Gasteiger partial charge in [-0.25, -0.2) is 29.7 Å². The van der Waals surface area contributed by atoms with Crippen molar-refractivity contribution in [2.24, 2.45) is 11.3 Å². The molecule has 2 bridgehead atoms. The second kappa shape index (κ2) is 9.71. The van der Waals surface area contributed by atoms with Crippen molar-refractivity contribution in [1.29, 1.82) is 0 Å². The highest BCUT2D eigenvalue weighted by molar-refractivity contribution is 5.99. The van der Waals surface area contributed by atoms with E-state index in [2.05, 4.69) is 5.43 Å². The fourth-order valence-electron chi connectivity index (χ4n) is 5.78. The van der Waals surface area contributed by atoms with Gasteiger partial charge in [-0.1, -0.05) is 30.3 Å². The number of rotatable bonds is 5. The lowest BCUT2D eigenvalue weighted by Gasteiger charge is -2.65. The molecule has 4 fully saturated rings. The normalized spacial score (nSPS) is 25.9. The van der Waals surface area contributed by atoms with Crippen LogP contribution in [-0.2, 0) is 25.4 Å². The number of carbonyl (C=O) groups is 4. The Morgan fingerprint density at radius 1 is 1.03 bits per heavy atom. The van der Waals surface area contributed by atoms with Gasteiger partial charge in [0.15, 0.2) is 0 Å². The van der Waals surface area contributed by atoms with Gasteiger partial charge in [0.05, 0.1) is 6.04 Å². The zero-order chi connectivity index (χ0) is 29.0. The predicted octanol–water partition coefficient (Wildman–Crippen LogP) is 5.20. The van der Waals surface area contributed by atoms with Crippen molar-refractivity contribution < 1.29 is 33.4 Å². The highest BCUT2D eigenvalue weighted by Crippen LogP contribution is 2.67. The zero-order valence-corrected chi connectivity index (χ0v) is 24.2. The van der Waals surface area contributed by atoms with Crippen molar-refractivity contribution in [3.63, 3.8) is 0 Å². The number of hydrogen-bond donors (Lipinski definition) is 1. The summed E-state index contributed by atoms with van der Waals surface area (Å²) >= 11 is 0. The number of imide groups is 1. The first kappa shape index (κ1) is 28.7. The van der Waals surface area contributed by atoms with Gasteiger partial charge >= 0.3 is 18.3 Å². The average molecular weight is 544 g/mol. The standard InChI is InChI=1S/C29H41N3O7/c1-26(2,3)37-23(34)30-32(25(36)38-27(4,5)6)21(29-15-19(16-29)17-29)22(33)31-20(28(7,8)39-24(31)35)14-18-12-10-9-11-13-18/h9-13,19-21H,14-17H2,1-8H3,(H,30,34)/t19?,20-,21+,29?/m0/s1. The molecule has 1 aromatic rings. The molecular formula is C29H41N3O7. The maximum absolute atomic E-state index is 14.5. The molecule has 1 aromatic carbocycles. The van der Waals surface area contributed by atoms with Crippen LogP contribution in [0.25, 0.3) is 0 Å². The Bertz CT molecular complexity index is 1120. The van der Waals surface area contributed by atoms with Crippen LogP contribution in [0.1, 0.15) is 80.2 Å².